The number of hydrogen-bond donors (Lipinski definition) is 1. The lowest BCUT2D eigenvalue weighted by atomic mass is 9.98. The number of para-hydroxylation sites is 1. The molecule has 0 saturated carbocycles. The molecule has 24 heavy (non-hydrogen) atoms. The fraction of sp³-hybridized carbons (Fsp3) is 0. The molecule has 2 aromatic carbocycles. The summed E-state index contributed by atoms with van der Waals surface area (Å²) < 4.78 is 0. The van der Waals surface area contributed by atoms with E-state index in [1.165, 1.54) is 6.07 Å². The van der Waals surface area contributed by atoms with Crippen LogP contribution in [0, 0.1) is 21.4 Å². The van der Waals surface area contributed by atoms with Gasteiger partial charge < -0.3 is 5.73 Å². The van der Waals surface area contributed by atoms with Crippen LogP contribution in [0.5, 0.6) is 0 Å². The molecule has 0 aliphatic rings. The zero-order valence-electron chi connectivity index (χ0n) is 12.5. The van der Waals surface area contributed by atoms with Crippen LogP contribution < -0.4 is 5.73 Å². The summed E-state index contributed by atoms with van der Waals surface area (Å²) in [5.41, 5.74) is 8.23. The molecule has 1 aromatic heterocycles. The predicted molar refractivity (Wildman–Crippen MR) is 90.9 cm³/mol. The van der Waals surface area contributed by atoms with Gasteiger partial charge in [0.1, 0.15) is 17.5 Å². The van der Waals surface area contributed by atoms with Crippen LogP contribution in [-0.2, 0) is 0 Å². The van der Waals surface area contributed by atoms with E-state index >= 15 is 0 Å². The number of nitrogen functional groups attached to an aromatic ring is 1. The molecule has 0 aliphatic heterocycles. The molecule has 2 N–H and O–H groups in total. The van der Waals surface area contributed by atoms with Crippen molar-refractivity contribution in [3.63, 3.8) is 0 Å². The Morgan fingerprint density at radius 2 is 1.71 bits per heavy atom. The molecule has 0 unspecified atom stereocenters. The maximum absolute atomic E-state index is 11.3. The van der Waals surface area contributed by atoms with Crippen LogP contribution in [0.25, 0.3) is 22.4 Å². The summed E-state index contributed by atoms with van der Waals surface area (Å²) in [6.07, 6.45) is 0. The molecule has 3 rings (SSSR count). The van der Waals surface area contributed by atoms with Gasteiger partial charge >= 0.3 is 0 Å². The van der Waals surface area contributed by atoms with Gasteiger partial charge in [0.05, 0.1) is 16.2 Å². The van der Waals surface area contributed by atoms with Crippen molar-refractivity contribution in [2.24, 2.45) is 0 Å². The van der Waals surface area contributed by atoms with Gasteiger partial charge in [-0.25, -0.2) is 4.98 Å². The summed E-state index contributed by atoms with van der Waals surface area (Å²) in [5.74, 6) is 0.0482. The Bertz CT molecular complexity index is 962. The second kappa shape index (κ2) is 6.18. The zero-order valence-corrected chi connectivity index (χ0v) is 12.5. The number of anilines is 1. The number of nitro benzene ring substituents is 1. The molecule has 6 nitrogen and oxygen atoms in total. The summed E-state index contributed by atoms with van der Waals surface area (Å²) >= 11 is 0. The number of rotatable bonds is 3. The second-order valence-corrected chi connectivity index (χ2v) is 5.07. The van der Waals surface area contributed by atoms with Gasteiger partial charge in [-0.15, -0.1) is 0 Å². The quantitative estimate of drug-likeness (QED) is 0.584. The summed E-state index contributed by atoms with van der Waals surface area (Å²) in [5, 5.41) is 20.6. The van der Waals surface area contributed by atoms with Crippen molar-refractivity contribution in [1.29, 1.82) is 5.26 Å². The molecule has 1 heterocycles. The van der Waals surface area contributed by atoms with E-state index in [0.29, 0.717) is 16.8 Å². The largest absolute Gasteiger partial charge is 0.383 e. The third-order valence-corrected chi connectivity index (χ3v) is 3.62. The molecule has 0 aliphatic carbocycles. The molecule has 0 spiro atoms. The Labute approximate surface area is 138 Å². The van der Waals surface area contributed by atoms with E-state index in [9.17, 15) is 15.4 Å². The van der Waals surface area contributed by atoms with Gasteiger partial charge in [-0.05, 0) is 17.7 Å². The molecular weight excluding hydrogens is 304 g/mol. The second-order valence-electron chi connectivity index (χ2n) is 5.07. The van der Waals surface area contributed by atoms with Gasteiger partial charge in [-0.3, -0.25) is 10.1 Å². The van der Waals surface area contributed by atoms with Gasteiger partial charge in [-0.2, -0.15) is 5.26 Å². The lowest BCUT2D eigenvalue weighted by Crippen LogP contribution is -2.01. The van der Waals surface area contributed by atoms with Crippen LogP contribution in [0.1, 0.15) is 5.56 Å². The SMILES string of the molecule is N#Cc1c(-c2ccccc2)cc(-c2ccccc2[N+](=O)[O-])nc1N. The van der Waals surface area contributed by atoms with Crippen molar-refractivity contribution in [3.05, 3.63) is 76.3 Å². The van der Waals surface area contributed by atoms with Gasteiger partial charge in [0.2, 0.25) is 0 Å². The van der Waals surface area contributed by atoms with Crippen LogP contribution in [0.15, 0.2) is 60.7 Å². The highest BCUT2D eigenvalue weighted by atomic mass is 16.6. The lowest BCUT2D eigenvalue weighted by Gasteiger charge is -2.10. The number of nitrogens with zero attached hydrogens (tertiary/aromatic N) is 3. The topological polar surface area (TPSA) is 106 Å². The first-order valence-electron chi connectivity index (χ1n) is 7.11. The Hall–Kier alpha value is -3.72. The van der Waals surface area contributed by atoms with Gasteiger partial charge in [0.25, 0.3) is 5.69 Å². The average molecular weight is 316 g/mol. The van der Waals surface area contributed by atoms with Crippen LogP contribution in [0.2, 0.25) is 0 Å². The van der Waals surface area contributed by atoms with Crippen molar-refractivity contribution in [2.45, 2.75) is 0 Å². The number of benzene rings is 2. The number of pyridine rings is 1. The molecule has 0 fully saturated rings. The normalized spacial score (nSPS) is 10.1. The molecule has 0 bridgehead atoms. The molecule has 116 valence electrons. The van der Waals surface area contributed by atoms with Crippen LogP contribution >= 0.6 is 0 Å². The minimum Gasteiger partial charge on any atom is -0.383 e. The van der Waals surface area contributed by atoms with E-state index in [1.807, 2.05) is 30.3 Å². The van der Waals surface area contributed by atoms with Gasteiger partial charge in [0.15, 0.2) is 0 Å². The third kappa shape index (κ3) is 2.66. The fourth-order valence-electron chi connectivity index (χ4n) is 2.52. The van der Waals surface area contributed by atoms with Crippen LogP contribution in [-0.4, -0.2) is 9.91 Å². The van der Waals surface area contributed by atoms with E-state index in [2.05, 4.69) is 11.1 Å². The fourth-order valence-corrected chi connectivity index (χ4v) is 2.52. The Kier molecular flexibility index (Phi) is 3.91. The molecule has 0 atom stereocenters. The third-order valence-electron chi connectivity index (χ3n) is 3.62. The predicted octanol–water partition coefficient (Wildman–Crippen LogP) is 3.78. The monoisotopic (exact) mass is 316 g/mol. The van der Waals surface area contributed by atoms with E-state index < -0.39 is 4.92 Å². The number of nitrogens with two attached hydrogens (primary N) is 1. The van der Waals surface area contributed by atoms with Crippen LogP contribution in [0.4, 0.5) is 11.5 Å². The van der Waals surface area contributed by atoms with Gasteiger partial charge in [0, 0.05) is 11.6 Å². The molecular formula is C18H12N4O2. The molecule has 0 radical (unpaired) electrons. The standard InChI is InChI=1S/C18H12N4O2/c19-11-15-14(12-6-2-1-3-7-12)10-16(21-18(15)20)13-8-4-5-9-17(13)22(23)24/h1-10H,(H2,20,21). The summed E-state index contributed by atoms with van der Waals surface area (Å²) in [7, 11) is 0. The summed E-state index contributed by atoms with van der Waals surface area (Å²) in [4.78, 5) is 15.0. The highest BCUT2D eigenvalue weighted by Gasteiger charge is 2.19. The first kappa shape index (κ1) is 15.2. The minimum absolute atomic E-state index is 0.0482. The average Bonchev–Trinajstić information content (AvgIpc) is 2.61. The first-order chi connectivity index (χ1) is 11.6. The molecule has 3 aromatic rings. The Morgan fingerprint density at radius 3 is 2.38 bits per heavy atom. The molecule has 0 amide bonds. The highest BCUT2D eigenvalue weighted by molar-refractivity contribution is 5.82. The minimum atomic E-state index is -0.465. The van der Waals surface area contributed by atoms with E-state index in [0.717, 1.165) is 5.56 Å². The summed E-state index contributed by atoms with van der Waals surface area (Å²) in [6.45, 7) is 0. The van der Waals surface area contributed by atoms with E-state index in [-0.39, 0.29) is 17.1 Å². The Morgan fingerprint density at radius 1 is 1.04 bits per heavy atom. The molecule has 6 heteroatoms. The maximum Gasteiger partial charge on any atom is 0.278 e. The number of aromatic nitrogens is 1. The number of nitro groups is 1. The smallest absolute Gasteiger partial charge is 0.278 e. The maximum atomic E-state index is 11.3. The highest BCUT2D eigenvalue weighted by Crippen LogP contribution is 2.34. The van der Waals surface area contributed by atoms with Crippen molar-refractivity contribution in [2.75, 3.05) is 5.73 Å². The first-order valence-corrected chi connectivity index (χ1v) is 7.11. The number of hydrogen-bond acceptors (Lipinski definition) is 5. The van der Waals surface area contributed by atoms with Crippen molar-refractivity contribution in [3.8, 4) is 28.5 Å². The Balaban J connectivity index is 2.28. The van der Waals surface area contributed by atoms with Crippen molar-refractivity contribution in [1.82, 2.24) is 4.98 Å². The van der Waals surface area contributed by atoms with E-state index in [1.54, 1.807) is 24.3 Å². The summed E-state index contributed by atoms with van der Waals surface area (Å²) in [6, 6.07) is 19.3. The molecule has 0 saturated heterocycles. The van der Waals surface area contributed by atoms with E-state index in [4.69, 9.17) is 5.73 Å². The van der Waals surface area contributed by atoms with Crippen molar-refractivity contribution < 1.29 is 4.92 Å². The van der Waals surface area contributed by atoms with Crippen LogP contribution in [0.3, 0.4) is 0 Å². The van der Waals surface area contributed by atoms with Crippen molar-refractivity contribution >= 4 is 11.5 Å². The van der Waals surface area contributed by atoms with Gasteiger partial charge in [-0.1, -0.05) is 42.5 Å². The zero-order chi connectivity index (χ0) is 17.1. The number of nitriles is 1. The lowest BCUT2D eigenvalue weighted by molar-refractivity contribution is -0.384.